The van der Waals surface area contributed by atoms with Crippen molar-refractivity contribution in [3.63, 3.8) is 0 Å². The predicted octanol–water partition coefficient (Wildman–Crippen LogP) is -8.04. The molecule has 0 saturated heterocycles. The van der Waals surface area contributed by atoms with Crippen molar-refractivity contribution in [2.45, 2.75) is 0 Å². The molecule has 0 radical (unpaired) electrons. The summed E-state index contributed by atoms with van der Waals surface area (Å²) in [6.07, 6.45) is 0. The minimum Gasteiger partial charge on any atom is -0.759 e. The molecule has 0 amide bonds. The smallest absolute Gasteiger partial charge is 0.759 e. The van der Waals surface area contributed by atoms with Gasteiger partial charge in [0.1, 0.15) is 0 Å². The van der Waals surface area contributed by atoms with Crippen LogP contribution in [0.1, 0.15) is 0 Å². The molecule has 0 aromatic heterocycles. The van der Waals surface area contributed by atoms with Gasteiger partial charge in [-0.1, -0.05) is 0 Å². The normalized spacial score (nSPS) is 9.67. The van der Waals surface area contributed by atoms with E-state index >= 15 is 0 Å². The maximum atomic E-state index is 8.52. The van der Waals surface area contributed by atoms with Gasteiger partial charge in [0.05, 0.1) is 0 Å². The Labute approximate surface area is 263 Å². The van der Waals surface area contributed by atoms with Crippen molar-refractivity contribution < 1.29 is 204 Å². The first-order valence-electron chi connectivity index (χ1n) is 4.00. The number of hydrogen-bond donors (Lipinski definition) is 0. The summed E-state index contributed by atoms with van der Waals surface area (Å²) in [6, 6.07) is 0. The quantitative estimate of drug-likeness (QED) is 0.124. The van der Waals surface area contributed by atoms with Gasteiger partial charge in [0.25, 0.3) is 0 Å². The molecule has 36 heavy (non-hydrogen) atoms. The summed E-state index contributed by atoms with van der Waals surface area (Å²) < 4.78 is 205. The van der Waals surface area contributed by atoms with E-state index in [0.717, 1.165) is 0 Å². The molecule has 0 spiro atoms. The SMILES string of the molecule is O=S(=O)([O-])[O-].O=S(=O)([O-])[O-].O=S(=O)([O-])[O-].O=S(=O)([O-])[O-].O=S(=O)([O-])[O-].O=S(=O)([O-])[O-].[Ni+2].[Ni+2].[Ni+2].[Ni+2].[Ni+2].[Ni+2]. The van der Waals surface area contributed by atoms with E-state index in [0.29, 0.717) is 0 Å². The fourth-order valence-electron chi connectivity index (χ4n) is 0. The molecule has 0 aromatic carbocycles. The van der Waals surface area contributed by atoms with Crippen LogP contribution in [0, 0.1) is 0 Å². The second kappa shape index (κ2) is 33.4. The summed E-state index contributed by atoms with van der Waals surface area (Å²) in [5.74, 6) is 0. The molecule has 36 heteroatoms. The molecular formula is Ni6O24S6. The average Bonchev–Trinajstić information content (AvgIpc) is 1.94. The summed E-state index contributed by atoms with van der Waals surface area (Å²) in [7, 11) is -31.0. The van der Waals surface area contributed by atoms with Crippen molar-refractivity contribution in [2.24, 2.45) is 0 Å². The second-order valence-corrected chi connectivity index (χ2v) is 7.35. The van der Waals surface area contributed by atoms with Crippen molar-refractivity contribution in [1.82, 2.24) is 0 Å². The number of hydrogen-bond acceptors (Lipinski definition) is 24. The minimum atomic E-state index is -5.17. The molecule has 0 aliphatic heterocycles. The molecule has 0 fully saturated rings. The van der Waals surface area contributed by atoms with Crippen molar-refractivity contribution in [3.05, 3.63) is 0 Å². The van der Waals surface area contributed by atoms with Crippen LogP contribution in [0.2, 0.25) is 0 Å². The van der Waals surface area contributed by atoms with Crippen LogP contribution in [0.4, 0.5) is 0 Å². The Morgan fingerprint density at radius 1 is 0.194 bits per heavy atom. The molecule has 240 valence electrons. The largest absolute Gasteiger partial charge is 2.00 e. The van der Waals surface area contributed by atoms with Gasteiger partial charge >= 0.3 is 98.9 Å². The second-order valence-electron chi connectivity index (χ2n) is 2.45. The van der Waals surface area contributed by atoms with Gasteiger partial charge in [-0.25, -0.2) is 0 Å². The third-order valence-corrected chi connectivity index (χ3v) is 0. The fraction of sp³-hybridized carbons (Fsp3) is 0. The molecule has 0 heterocycles. The van der Waals surface area contributed by atoms with Gasteiger partial charge in [-0.15, -0.1) is 0 Å². The van der Waals surface area contributed by atoms with E-state index in [2.05, 4.69) is 0 Å². The van der Waals surface area contributed by atoms with E-state index in [9.17, 15) is 0 Å². The maximum absolute atomic E-state index is 8.52. The van der Waals surface area contributed by atoms with E-state index in [1.54, 1.807) is 0 Å². The van der Waals surface area contributed by atoms with Crippen LogP contribution in [0.5, 0.6) is 0 Å². The first-order valence-corrected chi connectivity index (χ1v) is 12.0. The van der Waals surface area contributed by atoms with Gasteiger partial charge in [0, 0.05) is 62.4 Å². The van der Waals surface area contributed by atoms with Crippen LogP contribution >= 0.6 is 0 Å². The van der Waals surface area contributed by atoms with Gasteiger partial charge in [-0.3, -0.25) is 50.5 Å². The molecule has 0 unspecified atom stereocenters. The number of rotatable bonds is 0. The van der Waals surface area contributed by atoms with Crippen LogP contribution in [-0.2, 0) is 161 Å². The molecule has 0 aliphatic carbocycles. The van der Waals surface area contributed by atoms with Gasteiger partial charge in [-0.2, -0.15) is 0 Å². The van der Waals surface area contributed by atoms with Crippen molar-refractivity contribution in [2.75, 3.05) is 0 Å². The molecule has 0 saturated carbocycles. The zero-order valence-electron chi connectivity index (χ0n) is 14.1. The van der Waals surface area contributed by atoms with Crippen molar-refractivity contribution in [1.29, 1.82) is 0 Å². The third kappa shape index (κ3) is 9410. The molecule has 0 atom stereocenters. The van der Waals surface area contributed by atoms with Gasteiger partial charge in [0.2, 0.25) is 0 Å². The van der Waals surface area contributed by atoms with Crippen LogP contribution in [0.25, 0.3) is 0 Å². The standard InChI is InChI=1S/6Ni.6H2O4S/c;;;;;;6*1-5(2,3)4/h;;;;;;6*(H2,1,2,3,4)/q6*+2;;;;;;/p-12. The Bertz CT molecular complexity index is 777. The fourth-order valence-corrected chi connectivity index (χ4v) is 0. The molecule has 0 aliphatic rings. The monoisotopic (exact) mass is 923 g/mol. The summed E-state index contributed by atoms with van der Waals surface area (Å²) in [5, 5.41) is 0. The molecule has 0 aromatic rings. The van der Waals surface area contributed by atoms with E-state index in [1.165, 1.54) is 0 Å². The Balaban J connectivity index is -0.0000000186. The molecule has 0 N–H and O–H groups in total. The van der Waals surface area contributed by atoms with E-state index in [-0.39, 0.29) is 98.9 Å². The Kier molecular flexibility index (Phi) is 71.4. The van der Waals surface area contributed by atoms with Gasteiger partial charge < -0.3 is 54.6 Å². The van der Waals surface area contributed by atoms with Gasteiger partial charge in [-0.05, 0) is 0 Å². The van der Waals surface area contributed by atoms with Crippen molar-refractivity contribution >= 4 is 62.4 Å². The summed E-state index contributed by atoms with van der Waals surface area (Å²) in [6.45, 7) is 0. The molecule has 0 rings (SSSR count). The van der Waals surface area contributed by atoms with Crippen LogP contribution < -0.4 is 0 Å². The minimum absolute atomic E-state index is 0. The van der Waals surface area contributed by atoms with E-state index in [4.69, 9.17) is 105 Å². The Hall–Kier alpha value is 2.18. The zero-order valence-corrected chi connectivity index (χ0v) is 25.0. The van der Waals surface area contributed by atoms with Gasteiger partial charge in [0.15, 0.2) is 0 Å². The first-order chi connectivity index (χ1) is 12.0. The molecule has 24 nitrogen and oxygen atoms in total. The van der Waals surface area contributed by atoms with Crippen LogP contribution in [0.15, 0.2) is 0 Å². The Morgan fingerprint density at radius 3 is 0.194 bits per heavy atom. The Morgan fingerprint density at radius 2 is 0.194 bits per heavy atom. The van der Waals surface area contributed by atoms with Crippen LogP contribution in [-0.4, -0.2) is 105 Å². The van der Waals surface area contributed by atoms with Crippen molar-refractivity contribution in [3.8, 4) is 0 Å². The molecular weight excluding hydrogens is 929 g/mol. The van der Waals surface area contributed by atoms with Crippen LogP contribution in [0.3, 0.4) is 0 Å². The topological polar surface area (TPSA) is 482 Å². The zero-order chi connectivity index (χ0) is 27.0. The first kappa shape index (κ1) is 77.0. The summed E-state index contributed by atoms with van der Waals surface area (Å²) in [5.41, 5.74) is 0. The average molecular weight is 929 g/mol. The third-order valence-electron chi connectivity index (χ3n) is 0. The van der Waals surface area contributed by atoms with E-state index in [1.807, 2.05) is 0 Å². The molecule has 0 bridgehead atoms. The predicted molar refractivity (Wildman–Crippen MR) is 62.8 cm³/mol. The summed E-state index contributed by atoms with van der Waals surface area (Å²) in [4.78, 5) is 0. The maximum Gasteiger partial charge on any atom is 2.00 e. The van der Waals surface area contributed by atoms with E-state index < -0.39 is 62.4 Å². The summed E-state index contributed by atoms with van der Waals surface area (Å²) >= 11 is 0.